The summed E-state index contributed by atoms with van der Waals surface area (Å²) in [6.07, 6.45) is 4.67. The maximum atomic E-state index is 11.7. The first-order valence-corrected chi connectivity index (χ1v) is 7.83. The molecule has 21 heavy (non-hydrogen) atoms. The molecule has 0 radical (unpaired) electrons. The van der Waals surface area contributed by atoms with Crippen molar-refractivity contribution in [2.45, 2.75) is 52.4 Å². The minimum atomic E-state index is -0.0431. The van der Waals surface area contributed by atoms with Crippen molar-refractivity contribution in [1.29, 1.82) is 0 Å². The smallest absolute Gasteiger partial charge is 0.224 e. The number of unbranched alkanes of at least 4 members (excludes halogenated alkanes) is 2. The van der Waals surface area contributed by atoms with Gasteiger partial charge in [-0.3, -0.25) is 9.59 Å². The van der Waals surface area contributed by atoms with Gasteiger partial charge in [0.25, 0.3) is 0 Å². The quantitative estimate of drug-likeness (QED) is 0.737. The largest absolute Gasteiger partial charge is 0.326 e. The van der Waals surface area contributed by atoms with Gasteiger partial charge < -0.3 is 10.6 Å². The number of anilines is 2. The SMILES string of the molecule is CCCCC(=O)Nc1ccc(NC(=O)CCCC)c(Cl)c1. The van der Waals surface area contributed by atoms with E-state index in [1.807, 2.05) is 13.8 Å². The molecule has 0 saturated heterocycles. The molecule has 0 unspecified atom stereocenters. The molecule has 5 heteroatoms. The van der Waals surface area contributed by atoms with Crippen LogP contribution in [0.2, 0.25) is 5.02 Å². The molecule has 0 atom stereocenters. The van der Waals surface area contributed by atoms with E-state index in [1.54, 1.807) is 18.2 Å². The lowest BCUT2D eigenvalue weighted by Crippen LogP contribution is -2.13. The third-order valence-electron chi connectivity index (χ3n) is 3.04. The number of rotatable bonds is 8. The average molecular weight is 311 g/mol. The second-order valence-electron chi connectivity index (χ2n) is 5.00. The van der Waals surface area contributed by atoms with Gasteiger partial charge in [0.05, 0.1) is 10.7 Å². The Morgan fingerprint density at radius 3 is 2.10 bits per heavy atom. The molecule has 0 aliphatic heterocycles. The van der Waals surface area contributed by atoms with Crippen molar-refractivity contribution >= 4 is 34.8 Å². The van der Waals surface area contributed by atoms with Gasteiger partial charge in [-0.2, -0.15) is 0 Å². The summed E-state index contributed by atoms with van der Waals surface area (Å²) >= 11 is 6.13. The first-order chi connectivity index (χ1) is 10.1. The molecule has 0 aliphatic carbocycles. The summed E-state index contributed by atoms with van der Waals surface area (Å²) in [7, 11) is 0. The Morgan fingerprint density at radius 2 is 1.57 bits per heavy atom. The topological polar surface area (TPSA) is 58.2 Å². The van der Waals surface area contributed by atoms with Gasteiger partial charge in [-0.15, -0.1) is 0 Å². The van der Waals surface area contributed by atoms with Crippen LogP contribution in [0.15, 0.2) is 18.2 Å². The van der Waals surface area contributed by atoms with Crippen LogP contribution >= 0.6 is 11.6 Å². The normalized spacial score (nSPS) is 10.2. The van der Waals surface area contributed by atoms with Gasteiger partial charge in [0.1, 0.15) is 0 Å². The molecule has 2 N–H and O–H groups in total. The van der Waals surface area contributed by atoms with Gasteiger partial charge in [0.15, 0.2) is 0 Å². The van der Waals surface area contributed by atoms with Crippen molar-refractivity contribution in [3.63, 3.8) is 0 Å². The minimum absolute atomic E-state index is 0.0207. The van der Waals surface area contributed by atoms with E-state index < -0.39 is 0 Å². The van der Waals surface area contributed by atoms with Crippen molar-refractivity contribution in [2.24, 2.45) is 0 Å². The molecule has 0 aromatic heterocycles. The second-order valence-corrected chi connectivity index (χ2v) is 5.41. The zero-order chi connectivity index (χ0) is 15.7. The Hall–Kier alpha value is -1.55. The predicted molar refractivity (Wildman–Crippen MR) is 87.8 cm³/mol. The number of benzene rings is 1. The fourth-order valence-corrected chi connectivity index (χ4v) is 2.03. The molecular weight excluding hydrogens is 288 g/mol. The Bertz CT molecular complexity index is 489. The fourth-order valence-electron chi connectivity index (χ4n) is 1.81. The molecule has 2 amide bonds. The molecule has 116 valence electrons. The highest BCUT2D eigenvalue weighted by molar-refractivity contribution is 6.34. The van der Waals surface area contributed by atoms with E-state index in [-0.39, 0.29) is 11.8 Å². The van der Waals surface area contributed by atoms with Gasteiger partial charge in [0, 0.05) is 18.5 Å². The molecule has 0 fully saturated rings. The van der Waals surface area contributed by atoms with E-state index in [1.165, 1.54) is 0 Å². The zero-order valence-corrected chi connectivity index (χ0v) is 13.4. The molecule has 1 aromatic carbocycles. The highest BCUT2D eigenvalue weighted by Gasteiger charge is 2.08. The summed E-state index contributed by atoms with van der Waals surface area (Å²) in [4.78, 5) is 23.3. The third kappa shape index (κ3) is 6.63. The van der Waals surface area contributed by atoms with Crippen LogP contribution in [0, 0.1) is 0 Å². The maximum Gasteiger partial charge on any atom is 0.224 e. The maximum absolute atomic E-state index is 11.7. The minimum Gasteiger partial charge on any atom is -0.326 e. The van der Waals surface area contributed by atoms with E-state index in [9.17, 15) is 9.59 Å². The summed E-state index contributed by atoms with van der Waals surface area (Å²) in [5.41, 5.74) is 1.22. The number of hydrogen-bond acceptors (Lipinski definition) is 2. The van der Waals surface area contributed by atoms with Crippen LogP contribution < -0.4 is 10.6 Å². The van der Waals surface area contributed by atoms with Crippen LogP contribution in [0.5, 0.6) is 0 Å². The van der Waals surface area contributed by atoms with Gasteiger partial charge >= 0.3 is 0 Å². The van der Waals surface area contributed by atoms with Crippen LogP contribution in [-0.2, 0) is 9.59 Å². The highest BCUT2D eigenvalue weighted by atomic mass is 35.5. The van der Waals surface area contributed by atoms with Crippen molar-refractivity contribution in [1.82, 2.24) is 0 Å². The van der Waals surface area contributed by atoms with E-state index in [0.717, 1.165) is 25.7 Å². The Kier molecular flexibility index (Phi) is 7.83. The standard InChI is InChI=1S/C16H23ClN2O2/c1-3-5-7-15(20)18-12-9-10-14(13(17)11-12)19-16(21)8-6-4-2/h9-11H,3-8H2,1-2H3,(H,18,20)(H,19,21). The summed E-state index contributed by atoms with van der Waals surface area (Å²) in [6, 6.07) is 5.10. The van der Waals surface area contributed by atoms with E-state index in [0.29, 0.717) is 29.2 Å². The molecule has 1 aromatic rings. The molecule has 1 rings (SSSR count). The molecule has 0 saturated carbocycles. The van der Waals surface area contributed by atoms with Crippen LogP contribution in [0.3, 0.4) is 0 Å². The number of hydrogen-bond donors (Lipinski definition) is 2. The van der Waals surface area contributed by atoms with Crippen LogP contribution in [0.25, 0.3) is 0 Å². The van der Waals surface area contributed by atoms with Crippen LogP contribution in [0.4, 0.5) is 11.4 Å². The van der Waals surface area contributed by atoms with Crippen molar-refractivity contribution in [3.8, 4) is 0 Å². The Morgan fingerprint density at radius 1 is 1.00 bits per heavy atom. The lowest BCUT2D eigenvalue weighted by atomic mass is 10.2. The van der Waals surface area contributed by atoms with Gasteiger partial charge in [-0.05, 0) is 31.0 Å². The third-order valence-corrected chi connectivity index (χ3v) is 3.35. The lowest BCUT2D eigenvalue weighted by molar-refractivity contribution is -0.117. The number of halogens is 1. The van der Waals surface area contributed by atoms with Crippen LogP contribution in [0.1, 0.15) is 52.4 Å². The van der Waals surface area contributed by atoms with Gasteiger partial charge in [0.2, 0.25) is 11.8 Å². The van der Waals surface area contributed by atoms with Crippen LogP contribution in [-0.4, -0.2) is 11.8 Å². The molecular formula is C16H23ClN2O2. The first-order valence-electron chi connectivity index (χ1n) is 7.46. The zero-order valence-electron chi connectivity index (χ0n) is 12.7. The number of carbonyl (C=O) groups excluding carboxylic acids is 2. The summed E-state index contributed by atoms with van der Waals surface area (Å²) in [5, 5.41) is 6.00. The molecule has 0 heterocycles. The Labute approximate surface area is 131 Å². The van der Waals surface area contributed by atoms with Gasteiger partial charge in [-0.25, -0.2) is 0 Å². The lowest BCUT2D eigenvalue weighted by Gasteiger charge is -2.10. The van der Waals surface area contributed by atoms with Crippen molar-refractivity contribution < 1.29 is 9.59 Å². The fraction of sp³-hybridized carbons (Fsp3) is 0.500. The van der Waals surface area contributed by atoms with E-state index in [4.69, 9.17) is 11.6 Å². The second kappa shape index (κ2) is 9.40. The van der Waals surface area contributed by atoms with Crippen molar-refractivity contribution in [3.05, 3.63) is 23.2 Å². The molecule has 0 bridgehead atoms. The number of amides is 2. The van der Waals surface area contributed by atoms with E-state index in [2.05, 4.69) is 10.6 Å². The molecule has 0 spiro atoms. The summed E-state index contributed by atoms with van der Waals surface area (Å²) in [5.74, 6) is -0.0638. The molecule has 0 aliphatic rings. The average Bonchev–Trinajstić information content (AvgIpc) is 2.45. The number of nitrogens with one attached hydrogen (secondary N) is 2. The van der Waals surface area contributed by atoms with Crippen molar-refractivity contribution in [2.75, 3.05) is 10.6 Å². The molecule has 4 nitrogen and oxygen atoms in total. The summed E-state index contributed by atoms with van der Waals surface area (Å²) in [6.45, 7) is 4.08. The monoisotopic (exact) mass is 310 g/mol. The Balaban J connectivity index is 2.59. The predicted octanol–water partition coefficient (Wildman–Crippen LogP) is 4.60. The van der Waals surface area contributed by atoms with Gasteiger partial charge in [-0.1, -0.05) is 38.3 Å². The number of carbonyl (C=O) groups is 2. The first kappa shape index (κ1) is 17.5. The summed E-state index contributed by atoms with van der Waals surface area (Å²) < 4.78 is 0. The highest BCUT2D eigenvalue weighted by Crippen LogP contribution is 2.26. The van der Waals surface area contributed by atoms with E-state index >= 15 is 0 Å².